The second kappa shape index (κ2) is 10.3. The van der Waals surface area contributed by atoms with Crippen molar-refractivity contribution < 1.29 is 38.9 Å². The van der Waals surface area contributed by atoms with Gasteiger partial charge in [0.15, 0.2) is 0 Å². The van der Waals surface area contributed by atoms with Crippen LogP contribution in [-0.2, 0) is 34.1 Å². The molecular weight excluding hydrogens is 480 g/mol. The summed E-state index contributed by atoms with van der Waals surface area (Å²) in [4.78, 5) is 55.8. The van der Waals surface area contributed by atoms with Gasteiger partial charge in [0.25, 0.3) is 12.9 Å². The third kappa shape index (κ3) is 4.87. The number of aromatic nitrogens is 2. The van der Waals surface area contributed by atoms with Crippen molar-refractivity contribution in [1.29, 1.82) is 0 Å². The Labute approximate surface area is 212 Å². The van der Waals surface area contributed by atoms with Crippen molar-refractivity contribution in [3.05, 3.63) is 58.8 Å². The molecule has 0 saturated carbocycles. The number of carbonyl (C=O) groups is 4. The molecule has 0 saturated heterocycles. The van der Waals surface area contributed by atoms with E-state index < -0.39 is 35.8 Å². The maximum atomic E-state index is 12.2. The number of aliphatic carboxylic acids is 2. The van der Waals surface area contributed by atoms with Crippen LogP contribution in [0.4, 0.5) is 0 Å². The molecule has 2 N–H and O–H groups in total. The summed E-state index contributed by atoms with van der Waals surface area (Å²) in [5, 5.41) is 19.4. The van der Waals surface area contributed by atoms with Crippen LogP contribution in [0.15, 0.2) is 36.4 Å². The highest BCUT2D eigenvalue weighted by Crippen LogP contribution is 2.53. The molecule has 3 aromatic rings. The summed E-state index contributed by atoms with van der Waals surface area (Å²) < 4.78 is 10.1. The molecule has 2 aromatic carbocycles. The first-order valence-electron chi connectivity index (χ1n) is 11.7. The number of hydrogen-bond acceptors (Lipinski definition) is 8. The number of carbonyl (C=O) groups excluding carboxylic acids is 2. The Balaban J connectivity index is 1.99. The topological polar surface area (TPSA) is 153 Å². The summed E-state index contributed by atoms with van der Waals surface area (Å²) in [5.41, 5.74) is 4.54. The zero-order chi connectivity index (χ0) is 26.7. The minimum absolute atomic E-state index is 0.00196. The maximum absolute atomic E-state index is 12.2. The zero-order valence-electron chi connectivity index (χ0n) is 20.3. The second-order valence-corrected chi connectivity index (χ2v) is 9.30. The lowest BCUT2D eigenvalue weighted by Crippen LogP contribution is -2.38. The highest BCUT2D eigenvalue weighted by Gasteiger charge is 2.50. The highest BCUT2D eigenvalue weighted by atomic mass is 16.6. The van der Waals surface area contributed by atoms with Gasteiger partial charge >= 0.3 is 11.9 Å². The summed E-state index contributed by atoms with van der Waals surface area (Å²) in [6.07, 6.45) is -1.71. The minimum Gasteiger partial charge on any atom is -0.481 e. The fourth-order valence-corrected chi connectivity index (χ4v) is 5.20. The molecule has 0 fully saturated rings. The molecule has 10 heteroatoms. The first-order chi connectivity index (χ1) is 17.7. The number of aryl methyl sites for hydroxylation is 2. The Morgan fingerprint density at radius 1 is 1.00 bits per heavy atom. The van der Waals surface area contributed by atoms with Crippen molar-refractivity contribution in [3.63, 3.8) is 0 Å². The van der Waals surface area contributed by atoms with Gasteiger partial charge in [-0.05, 0) is 49.1 Å². The Kier molecular flexibility index (Phi) is 7.19. The molecule has 1 aromatic heterocycles. The number of carboxylic acids is 2. The molecule has 0 amide bonds. The summed E-state index contributed by atoms with van der Waals surface area (Å²) in [6, 6.07) is 11.1. The lowest BCUT2D eigenvalue weighted by atomic mass is 9.69. The van der Waals surface area contributed by atoms with E-state index in [9.17, 15) is 29.4 Å². The summed E-state index contributed by atoms with van der Waals surface area (Å²) in [5.74, 6) is -3.81. The van der Waals surface area contributed by atoms with Crippen molar-refractivity contribution in [2.75, 3.05) is 6.61 Å². The SMILES string of the molecule is Cc1cc2nc3c(nc2cc1C)C(CC(COC=O)OC=O)(CC(CC(=O)O)C(=O)O)c1ccccc1-3. The van der Waals surface area contributed by atoms with Crippen LogP contribution in [0.2, 0.25) is 0 Å². The number of rotatable bonds is 12. The van der Waals surface area contributed by atoms with Gasteiger partial charge in [0, 0.05) is 17.4 Å². The summed E-state index contributed by atoms with van der Waals surface area (Å²) >= 11 is 0. The van der Waals surface area contributed by atoms with Crippen LogP contribution in [0.25, 0.3) is 22.3 Å². The second-order valence-electron chi connectivity index (χ2n) is 9.30. The first-order valence-corrected chi connectivity index (χ1v) is 11.7. The van der Waals surface area contributed by atoms with Crippen LogP contribution in [0.5, 0.6) is 0 Å². The van der Waals surface area contributed by atoms with E-state index in [0.29, 0.717) is 28.0 Å². The Hall–Kier alpha value is -4.34. The Morgan fingerprint density at radius 3 is 2.30 bits per heavy atom. The molecule has 192 valence electrons. The van der Waals surface area contributed by atoms with E-state index in [4.69, 9.17) is 19.4 Å². The fraction of sp³-hybridized carbons (Fsp3) is 0.333. The number of nitrogens with zero attached hydrogens (tertiary/aromatic N) is 2. The van der Waals surface area contributed by atoms with Crippen LogP contribution in [0, 0.1) is 19.8 Å². The molecule has 1 aliphatic carbocycles. The van der Waals surface area contributed by atoms with Crippen LogP contribution < -0.4 is 0 Å². The number of carboxylic acid groups (broad SMARTS) is 2. The predicted molar refractivity (Wildman–Crippen MR) is 131 cm³/mol. The normalized spacial score (nSPS) is 17.4. The summed E-state index contributed by atoms with van der Waals surface area (Å²) in [6.45, 7) is 4.12. The van der Waals surface area contributed by atoms with Crippen molar-refractivity contribution in [3.8, 4) is 11.3 Å². The molecule has 1 heterocycles. The first kappa shape index (κ1) is 25.7. The van der Waals surface area contributed by atoms with Gasteiger partial charge in [-0.1, -0.05) is 24.3 Å². The van der Waals surface area contributed by atoms with Gasteiger partial charge in [-0.15, -0.1) is 0 Å². The quantitative estimate of drug-likeness (QED) is 0.350. The molecular formula is C27H26N2O8. The molecule has 10 nitrogen and oxygen atoms in total. The molecule has 37 heavy (non-hydrogen) atoms. The Bertz CT molecular complexity index is 1390. The van der Waals surface area contributed by atoms with Crippen molar-refractivity contribution in [1.82, 2.24) is 9.97 Å². The van der Waals surface area contributed by atoms with Gasteiger partial charge in [0.1, 0.15) is 12.7 Å². The number of ether oxygens (including phenoxy) is 2. The third-order valence-corrected chi connectivity index (χ3v) is 6.97. The molecule has 4 rings (SSSR count). The van der Waals surface area contributed by atoms with Gasteiger partial charge in [0.05, 0.1) is 34.8 Å². The standard InChI is InChI=1S/C27H26N2O8/c1-15-7-21-22(8-16(15)2)29-25-24(28-21)19-5-3-4-6-20(19)27(25,10-17(26(34)35)9-23(32)33)11-18(37-14-31)12-36-13-30/h3-8,13-14,17-18H,9-12H2,1-2H3,(H,32,33)(H,34,35). The van der Waals surface area contributed by atoms with Crippen LogP contribution in [0.1, 0.15) is 41.6 Å². The predicted octanol–water partition coefficient (Wildman–Crippen LogP) is 3.18. The molecule has 0 spiro atoms. The van der Waals surface area contributed by atoms with E-state index in [0.717, 1.165) is 16.7 Å². The van der Waals surface area contributed by atoms with Gasteiger partial charge in [0.2, 0.25) is 0 Å². The van der Waals surface area contributed by atoms with Gasteiger partial charge in [-0.2, -0.15) is 0 Å². The minimum atomic E-state index is -1.28. The number of fused-ring (bicyclic) bond motifs is 4. The lowest BCUT2D eigenvalue weighted by molar-refractivity contribution is -0.149. The fourth-order valence-electron chi connectivity index (χ4n) is 5.20. The monoisotopic (exact) mass is 506 g/mol. The molecule has 3 atom stereocenters. The molecule has 0 bridgehead atoms. The van der Waals surface area contributed by atoms with Crippen molar-refractivity contribution in [2.24, 2.45) is 5.92 Å². The molecule has 0 radical (unpaired) electrons. The van der Waals surface area contributed by atoms with E-state index in [2.05, 4.69) is 0 Å². The average molecular weight is 507 g/mol. The molecule has 0 aliphatic heterocycles. The highest BCUT2D eigenvalue weighted by molar-refractivity contribution is 5.86. The van der Waals surface area contributed by atoms with Gasteiger partial charge in [-0.25, -0.2) is 9.97 Å². The number of hydrogen-bond donors (Lipinski definition) is 2. The van der Waals surface area contributed by atoms with E-state index in [-0.39, 0.29) is 32.4 Å². The lowest BCUT2D eigenvalue weighted by Gasteiger charge is -2.35. The van der Waals surface area contributed by atoms with Crippen LogP contribution in [0.3, 0.4) is 0 Å². The summed E-state index contributed by atoms with van der Waals surface area (Å²) in [7, 11) is 0. The van der Waals surface area contributed by atoms with Gasteiger partial charge < -0.3 is 19.7 Å². The van der Waals surface area contributed by atoms with E-state index >= 15 is 0 Å². The largest absolute Gasteiger partial charge is 0.481 e. The van der Waals surface area contributed by atoms with E-state index in [1.54, 1.807) is 6.07 Å². The van der Waals surface area contributed by atoms with Crippen LogP contribution in [-0.4, -0.2) is 57.8 Å². The van der Waals surface area contributed by atoms with Crippen molar-refractivity contribution in [2.45, 2.75) is 44.6 Å². The number of benzene rings is 2. The molecule has 3 unspecified atom stereocenters. The average Bonchev–Trinajstić information content (AvgIpc) is 3.10. The van der Waals surface area contributed by atoms with Gasteiger partial charge in [-0.3, -0.25) is 19.2 Å². The molecule has 1 aliphatic rings. The third-order valence-electron chi connectivity index (χ3n) is 6.97. The van der Waals surface area contributed by atoms with E-state index in [1.807, 2.05) is 44.2 Å². The van der Waals surface area contributed by atoms with Crippen molar-refractivity contribution >= 4 is 35.9 Å². The zero-order valence-corrected chi connectivity index (χ0v) is 20.3. The Morgan fingerprint density at radius 2 is 1.68 bits per heavy atom. The smallest absolute Gasteiger partial charge is 0.307 e. The maximum Gasteiger partial charge on any atom is 0.307 e. The van der Waals surface area contributed by atoms with Crippen LogP contribution >= 0.6 is 0 Å². The van der Waals surface area contributed by atoms with E-state index in [1.165, 1.54) is 0 Å².